The van der Waals surface area contributed by atoms with Crippen LogP contribution in [0, 0.1) is 0 Å². The predicted molar refractivity (Wildman–Crippen MR) is 164 cm³/mol. The van der Waals surface area contributed by atoms with Gasteiger partial charge in [-0.15, -0.1) is 10.2 Å². The van der Waals surface area contributed by atoms with Gasteiger partial charge in [-0.25, -0.2) is 9.67 Å². The second-order valence-electron chi connectivity index (χ2n) is 10.6. The number of pyridine rings is 1. The molecule has 0 saturated carbocycles. The summed E-state index contributed by atoms with van der Waals surface area (Å²) >= 11 is 1.39. The van der Waals surface area contributed by atoms with Crippen LogP contribution in [-0.2, 0) is 5.41 Å². The summed E-state index contributed by atoms with van der Waals surface area (Å²) < 4.78 is 7.69. The Morgan fingerprint density at radius 2 is 1.76 bits per heavy atom. The fourth-order valence-electron chi connectivity index (χ4n) is 4.24. The third-order valence-corrected chi connectivity index (χ3v) is 6.95. The van der Waals surface area contributed by atoms with Crippen LogP contribution in [0.5, 0.6) is 11.6 Å². The molecule has 0 aliphatic heterocycles. The number of rotatable bonds is 7. The number of benzene rings is 2. The van der Waals surface area contributed by atoms with Crippen LogP contribution in [-0.4, -0.2) is 46.2 Å². The number of nitrogens with two attached hydrogens (primary N) is 1. The summed E-state index contributed by atoms with van der Waals surface area (Å²) in [4.78, 5) is 26.3. The Bertz CT molecular complexity index is 1950. The Hall–Kier alpha value is -5.17. The number of hydrogen-bond donors (Lipinski definition) is 4. The maximum atomic E-state index is 11.7. The Balaban J connectivity index is 1.25. The summed E-state index contributed by atoms with van der Waals surface area (Å²) in [5, 5.41) is 18.3. The van der Waals surface area contributed by atoms with E-state index in [1.807, 2.05) is 59.5 Å². The molecule has 6 aromatic rings. The topological polar surface area (TPSA) is 165 Å². The van der Waals surface area contributed by atoms with Gasteiger partial charge in [-0.1, -0.05) is 32.5 Å². The van der Waals surface area contributed by atoms with Crippen molar-refractivity contribution in [3.63, 3.8) is 0 Å². The summed E-state index contributed by atoms with van der Waals surface area (Å²) in [6.45, 7) is 6.32. The maximum absolute atomic E-state index is 11.7. The lowest BCUT2D eigenvalue weighted by atomic mass is 9.92. The number of ether oxygens (including phenoxy) is 1. The zero-order valence-corrected chi connectivity index (χ0v) is 24.2. The van der Waals surface area contributed by atoms with E-state index in [9.17, 15) is 4.79 Å². The monoisotopic (exact) mass is 580 g/mol. The Morgan fingerprint density at radius 3 is 2.52 bits per heavy atom. The van der Waals surface area contributed by atoms with Crippen molar-refractivity contribution in [2.45, 2.75) is 31.3 Å². The van der Waals surface area contributed by atoms with Gasteiger partial charge in [0.1, 0.15) is 17.4 Å². The number of thioether (sulfide) groups is 1. The number of aromatic amines is 2. The van der Waals surface area contributed by atoms with Crippen molar-refractivity contribution in [3.05, 3.63) is 82.8 Å². The SMILES string of the molecule is CSc1nc(N)cc(Oc2ccc(-c3nnc(Nc4cc(C(C)(C)C)nn4-c4ccc5[nH]c(=O)ccc5c4)[nH]3)cc2)n1. The Morgan fingerprint density at radius 1 is 0.952 bits per heavy atom. The van der Waals surface area contributed by atoms with Crippen LogP contribution >= 0.6 is 11.8 Å². The van der Waals surface area contributed by atoms with Crippen molar-refractivity contribution < 1.29 is 4.74 Å². The summed E-state index contributed by atoms with van der Waals surface area (Å²) in [7, 11) is 0. The van der Waals surface area contributed by atoms with E-state index in [4.69, 9.17) is 15.6 Å². The molecular weight excluding hydrogens is 552 g/mol. The van der Waals surface area contributed by atoms with Crippen molar-refractivity contribution in [2.75, 3.05) is 17.3 Å². The maximum Gasteiger partial charge on any atom is 0.248 e. The normalized spacial score (nSPS) is 11.6. The highest BCUT2D eigenvalue weighted by atomic mass is 32.2. The van der Waals surface area contributed by atoms with Gasteiger partial charge in [-0.2, -0.15) is 10.1 Å². The third-order valence-electron chi connectivity index (χ3n) is 6.40. The molecule has 4 heterocycles. The van der Waals surface area contributed by atoms with E-state index in [2.05, 4.69) is 56.2 Å². The average Bonchev–Trinajstić information content (AvgIpc) is 3.61. The highest BCUT2D eigenvalue weighted by Crippen LogP contribution is 2.30. The molecule has 5 N–H and O–H groups in total. The van der Waals surface area contributed by atoms with Gasteiger partial charge in [0.2, 0.25) is 17.4 Å². The Kier molecular flexibility index (Phi) is 6.86. The molecule has 0 unspecified atom stereocenters. The summed E-state index contributed by atoms with van der Waals surface area (Å²) in [6, 6.07) is 20.0. The third kappa shape index (κ3) is 5.67. The van der Waals surface area contributed by atoms with Gasteiger partial charge in [0.25, 0.3) is 0 Å². The van der Waals surface area contributed by atoms with Crippen LogP contribution in [0.15, 0.2) is 76.7 Å². The zero-order chi connectivity index (χ0) is 29.4. The molecule has 0 aliphatic carbocycles. The van der Waals surface area contributed by atoms with Crippen molar-refractivity contribution in [1.82, 2.24) is 39.9 Å². The molecule has 212 valence electrons. The quantitative estimate of drug-likeness (QED) is 0.141. The fraction of sp³-hybridized carbons (Fsp3) is 0.172. The second-order valence-corrected chi connectivity index (χ2v) is 11.3. The van der Waals surface area contributed by atoms with Crippen LogP contribution in [0.1, 0.15) is 26.5 Å². The van der Waals surface area contributed by atoms with Crippen LogP contribution in [0.4, 0.5) is 17.6 Å². The van der Waals surface area contributed by atoms with Gasteiger partial charge in [-0.05, 0) is 54.8 Å². The molecule has 0 atom stereocenters. The van der Waals surface area contributed by atoms with Gasteiger partial charge in [0.15, 0.2) is 11.0 Å². The first-order chi connectivity index (χ1) is 20.1. The first-order valence-corrected chi connectivity index (χ1v) is 14.3. The average molecular weight is 581 g/mol. The minimum atomic E-state index is -0.186. The molecule has 42 heavy (non-hydrogen) atoms. The lowest BCUT2D eigenvalue weighted by Gasteiger charge is -2.14. The highest BCUT2D eigenvalue weighted by Gasteiger charge is 2.21. The fourth-order valence-corrected chi connectivity index (χ4v) is 4.62. The lowest BCUT2D eigenvalue weighted by Crippen LogP contribution is -2.12. The molecule has 0 saturated heterocycles. The van der Waals surface area contributed by atoms with E-state index in [0.29, 0.717) is 40.2 Å². The molecule has 0 fully saturated rings. The van der Waals surface area contributed by atoms with E-state index >= 15 is 0 Å². The standard InChI is InChI=1S/C29H28N10O2S/c1-29(2,3)21-14-23(39(38-21)18-8-11-20-17(13-18)7-12-24(40)31-20)33-27-35-26(36-37-27)16-5-9-19(10-6-16)41-25-15-22(30)32-28(34-25)42-4/h5-15H,1-4H3,(H,31,40)(H2,30,32,34)(H2,33,35,36,37). The van der Waals surface area contributed by atoms with E-state index in [1.165, 1.54) is 17.8 Å². The summed E-state index contributed by atoms with van der Waals surface area (Å²) in [5.74, 6) is 3.06. The minimum absolute atomic E-state index is 0.143. The minimum Gasteiger partial charge on any atom is -0.439 e. The number of aromatic nitrogens is 8. The molecule has 12 nitrogen and oxygen atoms in total. The summed E-state index contributed by atoms with van der Waals surface area (Å²) in [5.41, 5.74) is 8.83. The van der Waals surface area contributed by atoms with Crippen molar-refractivity contribution in [2.24, 2.45) is 0 Å². The van der Waals surface area contributed by atoms with Gasteiger partial charge < -0.3 is 25.8 Å². The van der Waals surface area contributed by atoms with Gasteiger partial charge in [0, 0.05) is 40.1 Å². The lowest BCUT2D eigenvalue weighted by molar-refractivity contribution is 0.456. The van der Waals surface area contributed by atoms with E-state index in [0.717, 1.165) is 27.8 Å². The predicted octanol–water partition coefficient (Wildman–Crippen LogP) is 5.43. The molecule has 13 heteroatoms. The number of H-pyrrole nitrogens is 2. The number of hydrogen-bond acceptors (Lipinski definition) is 10. The van der Waals surface area contributed by atoms with Gasteiger partial charge >= 0.3 is 0 Å². The zero-order valence-electron chi connectivity index (χ0n) is 23.3. The molecular formula is C29H28N10O2S. The largest absolute Gasteiger partial charge is 0.439 e. The molecule has 0 radical (unpaired) electrons. The molecule has 2 aromatic carbocycles. The van der Waals surface area contributed by atoms with Crippen LogP contribution in [0.3, 0.4) is 0 Å². The number of anilines is 3. The molecule has 0 amide bonds. The Labute approximate surface area is 244 Å². The summed E-state index contributed by atoms with van der Waals surface area (Å²) in [6.07, 6.45) is 1.87. The number of fused-ring (bicyclic) bond motifs is 1. The molecule has 0 aliphatic rings. The van der Waals surface area contributed by atoms with Crippen molar-refractivity contribution in [1.29, 1.82) is 0 Å². The first-order valence-electron chi connectivity index (χ1n) is 13.1. The van der Waals surface area contributed by atoms with Crippen LogP contribution in [0.25, 0.3) is 28.0 Å². The first kappa shape index (κ1) is 27.0. The second kappa shape index (κ2) is 10.7. The molecule has 0 bridgehead atoms. The van der Waals surface area contributed by atoms with E-state index < -0.39 is 0 Å². The molecule has 6 rings (SSSR count). The van der Waals surface area contributed by atoms with Crippen molar-refractivity contribution in [3.8, 4) is 28.7 Å². The smallest absolute Gasteiger partial charge is 0.248 e. The number of nitrogens with one attached hydrogen (secondary N) is 3. The highest BCUT2D eigenvalue weighted by molar-refractivity contribution is 7.98. The van der Waals surface area contributed by atoms with Gasteiger partial charge in [-0.3, -0.25) is 4.79 Å². The van der Waals surface area contributed by atoms with E-state index in [1.54, 1.807) is 12.1 Å². The number of nitrogen functional groups attached to an aromatic ring is 1. The molecule has 4 aromatic heterocycles. The number of nitrogens with zero attached hydrogens (tertiary/aromatic N) is 6. The van der Waals surface area contributed by atoms with Crippen LogP contribution in [0.2, 0.25) is 0 Å². The van der Waals surface area contributed by atoms with Crippen LogP contribution < -0.4 is 21.3 Å². The van der Waals surface area contributed by atoms with Crippen molar-refractivity contribution >= 4 is 40.2 Å². The van der Waals surface area contributed by atoms with E-state index in [-0.39, 0.29) is 11.0 Å². The van der Waals surface area contributed by atoms with Gasteiger partial charge in [0.05, 0.1) is 11.4 Å². The molecule has 0 spiro atoms.